The summed E-state index contributed by atoms with van der Waals surface area (Å²) in [5.41, 5.74) is 2.59. The van der Waals surface area contributed by atoms with Gasteiger partial charge in [0.25, 0.3) is 0 Å². The number of aromatic nitrogens is 1. The first kappa shape index (κ1) is 17.2. The van der Waals surface area contributed by atoms with Gasteiger partial charge in [0.2, 0.25) is 5.91 Å². The first-order valence-electron chi connectivity index (χ1n) is 9.78. The maximum absolute atomic E-state index is 13.1. The molecule has 4 nitrogen and oxygen atoms in total. The molecular weight excluding hydrogens is 322 g/mol. The van der Waals surface area contributed by atoms with Crippen molar-refractivity contribution < 1.29 is 4.79 Å². The van der Waals surface area contributed by atoms with Crippen LogP contribution in [-0.4, -0.2) is 40.3 Å². The second-order valence-corrected chi connectivity index (χ2v) is 7.51. The minimum Gasteiger partial charge on any atom is -0.335 e. The fourth-order valence-corrected chi connectivity index (χ4v) is 4.38. The second-order valence-electron chi connectivity index (χ2n) is 7.51. The van der Waals surface area contributed by atoms with E-state index >= 15 is 0 Å². The zero-order chi connectivity index (χ0) is 17.8. The van der Waals surface area contributed by atoms with E-state index in [0.29, 0.717) is 5.91 Å². The number of likely N-dealkylation sites (tertiary alicyclic amines) is 2. The van der Waals surface area contributed by atoms with Crippen LogP contribution in [0.1, 0.15) is 42.9 Å². The van der Waals surface area contributed by atoms with Crippen molar-refractivity contribution in [3.05, 3.63) is 66.0 Å². The van der Waals surface area contributed by atoms with Crippen LogP contribution in [0.2, 0.25) is 0 Å². The van der Waals surface area contributed by atoms with Gasteiger partial charge in [-0.1, -0.05) is 30.3 Å². The van der Waals surface area contributed by atoms with Crippen molar-refractivity contribution in [3.8, 4) is 0 Å². The van der Waals surface area contributed by atoms with Crippen molar-refractivity contribution >= 4 is 5.91 Å². The first-order valence-corrected chi connectivity index (χ1v) is 9.78. The molecular formula is C22H27N3O. The van der Waals surface area contributed by atoms with Crippen LogP contribution in [0.15, 0.2) is 54.9 Å². The average Bonchev–Trinajstić information content (AvgIpc) is 3.19. The molecule has 1 amide bonds. The molecule has 1 aromatic carbocycles. The topological polar surface area (TPSA) is 36.4 Å². The molecule has 2 aliphatic rings. The van der Waals surface area contributed by atoms with Crippen LogP contribution < -0.4 is 0 Å². The monoisotopic (exact) mass is 349 g/mol. The molecule has 26 heavy (non-hydrogen) atoms. The Balaban J connectivity index is 1.34. The number of carbonyl (C=O) groups excluding carboxylic acids is 1. The molecule has 3 heterocycles. The molecule has 2 saturated heterocycles. The summed E-state index contributed by atoms with van der Waals surface area (Å²) in [6, 6.07) is 15.0. The van der Waals surface area contributed by atoms with Crippen molar-refractivity contribution in [1.29, 1.82) is 0 Å². The van der Waals surface area contributed by atoms with Crippen LogP contribution in [0, 0.1) is 5.92 Å². The number of hydrogen-bond acceptors (Lipinski definition) is 3. The van der Waals surface area contributed by atoms with Gasteiger partial charge in [0.15, 0.2) is 0 Å². The van der Waals surface area contributed by atoms with Gasteiger partial charge in [0.05, 0.1) is 6.04 Å². The lowest BCUT2D eigenvalue weighted by molar-refractivity contribution is -0.138. The number of nitrogens with zero attached hydrogens (tertiary/aromatic N) is 3. The third kappa shape index (κ3) is 3.80. The molecule has 0 aliphatic carbocycles. The van der Waals surface area contributed by atoms with Crippen molar-refractivity contribution in [1.82, 2.24) is 14.8 Å². The van der Waals surface area contributed by atoms with E-state index in [1.165, 1.54) is 11.1 Å². The van der Waals surface area contributed by atoms with Gasteiger partial charge in [-0.15, -0.1) is 0 Å². The Labute approximate surface area is 155 Å². The standard InChI is InChI=1S/C22H27N3O/c26-22(25-14-4-7-21(25)19-8-12-23-13-9-19)20-10-15-24(16-11-20)17-18-5-2-1-3-6-18/h1-3,5-6,8-9,12-13,20-21H,4,7,10-11,14-17H2. The molecule has 0 saturated carbocycles. The molecule has 2 aromatic rings. The fourth-order valence-electron chi connectivity index (χ4n) is 4.38. The Kier molecular flexibility index (Phi) is 5.30. The third-order valence-corrected chi connectivity index (χ3v) is 5.81. The van der Waals surface area contributed by atoms with E-state index in [-0.39, 0.29) is 12.0 Å². The highest BCUT2D eigenvalue weighted by atomic mass is 16.2. The molecule has 0 N–H and O–H groups in total. The van der Waals surface area contributed by atoms with Crippen LogP contribution in [0.25, 0.3) is 0 Å². The molecule has 4 heteroatoms. The van der Waals surface area contributed by atoms with Crippen molar-refractivity contribution in [3.63, 3.8) is 0 Å². The molecule has 136 valence electrons. The van der Waals surface area contributed by atoms with E-state index in [4.69, 9.17) is 0 Å². The number of carbonyl (C=O) groups is 1. The quantitative estimate of drug-likeness (QED) is 0.845. The lowest BCUT2D eigenvalue weighted by atomic mass is 9.94. The van der Waals surface area contributed by atoms with Crippen molar-refractivity contribution in [2.45, 2.75) is 38.3 Å². The second kappa shape index (κ2) is 8.00. The molecule has 1 aromatic heterocycles. The zero-order valence-corrected chi connectivity index (χ0v) is 15.3. The van der Waals surface area contributed by atoms with Gasteiger partial charge in [-0.05, 0) is 62.0 Å². The molecule has 2 aliphatic heterocycles. The van der Waals surface area contributed by atoms with Crippen LogP contribution in [0.4, 0.5) is 0 Å². The number of rotatable bonds is 4. The highest BCUT2D eigenvalue weighted by Crippen LogP contribution is 2.34. The molecule has 0 spiro atoms. The van der Waals surface area contributed by atoms with Gasteiger partial charge in [0.1, 0.15) is 0 Å². The SMILES string of the molecule is O=C(C1CCN(Cc2ccccc2)CC1)N1CCCC1c1ccncc1. The van der Waals surface area contributed by atoms with Gasteiger partial charge in [-0.3, -0.25) is 14.7 Å². The van der Waals surface area contributed by atoms with Crippen molar-refractivity contribution in [2.24, 2.45) is 5.92 Å². The van der Waals surface area contributed by atoms with E-state index in [1.807, 2.05) is 12.4 Å². The number of pyridine rings is 1. The van der Waals surface area contributed by atoms with Crippen LogP contribution >= 0.6 is 0 Å². The summed E-state index contributed by atoms with van der Waals surface area (Å²) < 4.78 is 0. The normalized spacial score (nSPS) is 21.8. The largest absolute Gasteiger partial charge is 0.335 e. The van der Waals surface area contributed by atoms with E-state index in [2.05, 4.69) is 57.2 Å². The lowest BCUT2D eigenvalue weighted by Gasteiger charge is -2.35. The Morgan fingerprint density at radius 1 is 0.962 bits per heavy atom. The molecule has 1 atom stereocenters. The Morgan fingerprint density at radius 2 is 1.69 bits per heavy atom. The zero-order valence-electron chi connectivity index (χ0n) is 15.3. The third-order valence-electron chi connectivity index (χ3n) is 5.81. The van der Waals surface area contributed by atoms with Crippen molar-refractivity contribution in [2.75, 3.05) is 19.6 Å². The van der Waals surface area contributed by atoms with Crippen LogP contribution in [-0.2, 0) is 11.3 Å². The minimum absolute atomic E-state index is 0.185. The molecule has 2 fully saturated rings. The van der Waals surface area contributed by atoms with E-state index < -0.39 is 0 Å². The number of amides is 1. The molecule has 1 unspecified atom stereocenters. The number of piperidine rings is 1. The number of hydrogen-bond donors (Lipinski definition) is 0. The lowest BCUT2D eigenvalue weighted by Crippen LogP contribution is -2.42. The summed E-state index contributed by atoms with van der Waals surface area (Å²) in [4.78, 5) is 21.9. The summed E-state index contributed by atoms with van der Waals surface area (Å²) in [6.45, 7) is 3.92. The summed E-state index contributed by atoms with van der Waals surface area (Å²) in [5, 5.41) is 0. The maximum atomic E-state index is 13.1. The molecule has 4 rings (SSSR count). The Hall–Kier alpha value is -2.20. The van der Waals surface area contributed by atoms with Gasteiger partial charge < -0.3 is 4.90 Å². The summed E-state index contributed by atoms with van der Waals surface area (Å²) in [7, 11) is 0. The molecule has 0 bridgehead atoms. The maximum Gasteiger partial charge on any atom is 0.226 e. The van der Waals surface area contributed by atoms with E-state index in [1.54, 1.807) is 0 Å². The van der Waals surface area contributed by atoms with E-state index in [0.717, 1.165) is 51.9 Å². The average molecular weight is 349 g/mol. The van der Waals surface area contributed by atoms with Crippen LogP contribution in [0.5, 0.6) is 0 Å². The van der Waals surface area contributed by atoms with Gasteiger partial charge in [-0.2, -0.15) is 0 Å². The van der Waals surface area contributed by atoms with E-state index in [9.17, 15) is 4.79 Å². The first-order chi connectivity index (χ1) is 12.8. The van der Waals surface area contributed by atoms with Gasteiger partial charge in [-0.25, -0.2) is 0 Å². The summed E-state index contributed by atoms with van der Waals surface area (Å²) in [5.74, 6) is 0.549. The number of benzene rings is 1. The fraction of sp³-hybridized carbons (Fsp3) is 0.455. The molecule has 0 radical (unpaired) electrons. The highest BCUT2D eigenvalue weighted by Gasteiger charge is 2.35. The summed E-state index contributed by atoms with van der Waals surface area (Å²) in [6.07, 6.45) is 7.79. The Morgan fingerprint density at radius 3 is 2.42 bits per heavy atom. The predicted octanol–water partition coefficient (Wildman–Crippen LogP) is 3.66. The van der Waals surface area contributed by atoms with Gasteiger partial charge >= 0.3 is 0 Å². The smallest absolute Gasteiger partial charge is 0.226 e. The van der Waals surface area contributed by atoms with Crippen LogP contribution in [0.3, 0.4) is 0 Å². The van der Waals surface area contributed by atoms with Gasteiger partial charge in [0, 0.05) is 31.4 Å². The highest BCUT2D eigenvalue weighted by molar-refractivity contribution is 5.79. The Bertz CT molecular complexity index is 711. The summed E-state index contributed by atoms with van der Waals surface area (Å²) >= 11 is 0. The minimum atomic E-state index is 0.185. The predicted molar refractivity (Wildman–Crippen MR) is 102 cm³/mol.